The fraction of sp³-hybridized carbons (Fsp3) is 0.579. The van der Waals surface area contributed by atoms with E-state index in [0.717, 1.165) is 31.4 Å². The summed E-state index contributed by atoms with van der Waals surface area (Å²) in [5, 5.41) is 0. The molecule has 0 aromatic heterocycles. The van der Waals surface area contributed by atoms with E-state index < -0.39 is 17.2 Å². The fourth-order valence-electron chi connectivity index (χ4n) is 2.97. The molecule has 0 saturated heterocycles. The van der Waals surface area contributed by atoms with Crippen molar-refractivity contribution >= 4 is 18.1 Å². The summed E-state index contributed by atoms with van der Waals surface area (Å²) in [6.45, 7) is 11.3. The van der Waals surface area contributed by atoms with E-state index in [0.29, 0.717) is 0 Å². The largest absolute Gasteiger partial charge is 0.444 e. The number of fused-ring (bicyclic) bond motifs is 1. The molecule has 5 heteroatoms. The molecule has 0 bridgehead atoms. The van der Waals surface area contributed by atoms with Crippen molar-refractivity contribution in [2.24, 2.45) is 0 Å². The van der Waals surface area contributed by atoms with Crippen LogP contribution in [0.2, 0.25) is 0 Å². The van der Waals surface area contributed by atoms with E-state index in [4.69, 9.17) is 4.74 Å². The van der Waals surface area contributed by atoms with Crippen LogP contribution in [-0.4, -0.2) is 43.0 Å². The Balaban J connectivity index is 2.33. The van der Waals surface area contributed by atoms with Crippen LogP contribution in [0.3, 0.4) is 0 Å². The van der Waals surface area contributed by atoms with Gasteiger partial charge in [0.2, 0.25) is 0 Å². The molecule has 0 spiro atoms. The van der Waals surface area contributed by atoms with Gasteiger partial charge in [0, 0.05) is 25.8 Å². The molecular formula is C19H28N2O3. The molecule has 5 nitrogen and oxygen atoms in total. The Kier molecular flexibility index (Phi) is 4.92. The lowest BCUT2D eigenvalue weighted by Crippen LogP contribution is -2.48. The Morgan fingerprint density at radius 1 is 1.33 bits per heavy atom. The molecule has 1 aromatic rings. The van der Waals surface area contributed by atoms with Crippen LogP contribution in [0.1, 0.15) is 45.7 Å². The molecule has 0 saturated carbocycles. The summed E-state index contributed by atoms with van der Waals surface area (Å²) >= 11 is 0. The highest BCUT2D eigenvalue weighted by molar-refractivity contribution is 5.78. The van der Waals surface area contributed by atoms with E-state index in [1.807, 2.05) is 39.0 Å². The van der Waals surface area contributed by atoms with Crippen LogP contribution in [0.4, 0.5) is 10.5 Å². The minimum Gasteiger partial charge on any atom is -0.444 e. The van der Waals surface area contributed by atoms with Crippen molar-refractivity contribution in [2.45, 2.75) is 52.2 Å². The molecule has 0 aliphatic carbocycles. The average Bonchev–Trinajstić information content (AvgIpc) is 2.93. The van der Waals surface area contributed by atoms with Crippen molar-refractivity contribution in [1.29, 1.82) is 0 Å². The summed E-state index contributed by atoms with van der Waals surface area (Å²) < 4.78 is 5.42. The van der Waals surface area contributed by atoms with Gasteiger partial charge in [-0.15, -0.1) is 0 Å². The van der Waals surface area contributed by atoms with Crippen molar-refractivity contribution in [3.63, 3.8) is 0 Å². The number of likely N-dealkylation sites (N-methyl/N-ethyl adjacent to an activating group) is 2. The van der Waals surface area contributed by atoms with Gasteiger partial charge in [0.15, 0.2) is 0 Å². The van der Waals surface area contributed by atoms with Crippen LogP contribution in [0.15, 0.2) is 18.2 Å². The number of hydrogen-bond donors (Lipinski definition) is 0. The van der Waals surface area contributed by atoms with E-state index in [9.17, 15) is 9.59 Å². The Labute approximate surface area is 144 Å². The van der Waals surface area contributed by atoms with E-state index in [2.05, 4.69) is 11.8 Å². The average molecular weight is 332 g/mol. The Hall–Kier alpha value is -2.04. The minimum absolute atomic E-state index is 0.507. The van der Waals surface area contributed by atoms with Crippen LogP contribution in [0.5, 0.6) is 0 Å². The smallest absolute Gasteiger partial charge is 0.411 e. The van der Waals surface area contributed by atoms with Crippen molar-refractivity contribution < 1.29 is 14.3 Å². The Bertz CT molecular complexity index is 636. The number of hydrogen-bond acceptors (Lipinski definition) is 4. The molecule has 1 amide bonds. The maximum absolute atomic E-state index is 12.4. The maximum Gasteiger partial charge on any atom is 0.411 e. The van der Waals surface area contributed by atoms with E-state index in [1.165, 1.54) is 16.2 Å². The van der Waals surface area contributed by atoms with Gasteiger partial charge in [0.25, 0.3) is 0 Å². The van der Waals surface area contributed by atoms with Gasteiger partial charge >= 0.3 is 6.09 Å². The van der Waals surface area contributed by atoms with E-state index in [-0.39, 0.29) is 0 Å². The third kappa shape index (κ3) is 3.40. The third-order valence-corrected chi connectivity index (χ3v) is 4.63. The predicted octanol–water partition coefficient (Wildman–Crippen LogP) is 3.35. The van der Waals surface area contributed by atoms with Gasteiger partial charge in [-0.25, -0.2) is 4.79 Å². The van der Waals surface area contributed by atoms with Gasteiger partial charge in [-0.1, -0.05) is 12.1 Å². The lowest BCUT2D eigenvalue weighted by molar-refractivity contribution is -0.117. The second-order valence-corrected chi connectivity index (χ2v) is 7.48. The Morgan fingerprint density at radius 3 is 2.54 bits per heavy atom. The number of aldehydes is 1. The van der Waals surface area contributed by atoms with Crippen LogP contribution in [-0.2, 0) is 21.5 Å². The summed E-state index contributed by atoms with van der Waals surface area (Å²) in [5.41, 5.74) is 1.59. The second-order valence-electron chi connectivity index (χ2n) is 7.48. The predicted molar refractivity (Wildman–Crippen MR) is 95.4 cm³/mol. The number of rotatable bonds is 4. The number of carbonyl (C=O) groups excluding carboxylic acids is 2. The number of ether oxygens (including phenoxy) is 1. The molecule has 24 heavy (non-hydrogen) atoms. The number of amides is 1. The topological polar surface area (TPSA) is 49.9 Å². The molecule has 0 radical (unpaired) electrons. The van der Waals surface area contributed by atoms with Gasteiger partial charge in [0.1, 0.15) is 17.4 Å². The minimum atomic E-state index is -1.06. The first-order valence-corrected chi connectivity index (χ1v) is 8.44. The lowest BCUT2D eigenvalue weighted by Gasteiger charge is -2.36. The van der Waals surface area contributed by atoms with Gasteiger partial charge in [-0.05, 0) is 58.2 Å². The first-order valence-electron chi connectivity index (χ1n) is 8.44. The molecule has 1 aromatic carbocycles. The molecule has 0 fully saturated rings. The normalized spacial score (nSPS) is 16.3. The Morgan fingerprint density at radius 2 is 2.00 bits per heavy atom. The molecule has 1 unspecified atom stereocenters. The first-order chi connectivity index (χ1) is 11.1. The van der Waals surface area contributed by atoms with Gasteiger partial charge in [0.05, 0.1) is 0 Å². The molecule has 1 atom stereocenters. The van der Waals surface area contributed by atoms with Crippen molar-refractivity contribution in [1.82, 2.24) is 4.90 Å². The van der Waals surface area contributed by atoms with Crippen LogP contribution in [0, 0.1) is 0 Å². The van der Waals surface area contributed by atoms with Crippen molar-refractivity contribution in [2.75, 3.05) is 25.0 Å². The van der Waals surface area contributed by atoms with E-state index >= 15 is 0 Å². The molecule has 1 aliphatic heterocycles. The zero-order valence-electron chi connectivity index (χ0n) is 15.5. The van der Waals surface area contributed by atoms with Gasteiger partial charge in [-0.3, -0.25) is 4.90 Å². The van der Waals surface area contributed by atoms with E-state index in [1.54, 1.807) is 14.0 Å². The van der Waals surface area contributed by atoms with Crippen molar-refractivity contribution in [3.05, 3.63) is 29.3 Å². The summed E-state index contributed by atoms with van der Waals surface area (Å²) in [7, 11) is 1.61. The highest BCUT2D eigenvalue weighted by Crippen LogP contribution is 2.34. The van der Waals surface area contributed by atoms with Gasteiger partial charge < -0.3 is 14.4 Å². The third-order valence-electron chi connectivity index (χ3n) is 4.63. The number of benzene rings is 1. The standard InChI is InChI=1S/C19H28N2O3/c1-7-21-11-10-14-12-15(8-9-16(14)21)19(5,13-22)20(6)17(23)24-18(2,3)4/h8-9,12-13H,7,10-11H2,1-6H3. The second kappa shape index (κ2) is 6.46. The first kappa shape index (κ1) is 18.3. The number of nitrogens with zero attached hydrogens (tertiary/aromatic N) is 2. The lowest BCUT2D eigenvalue weighted by atomic mass is 9.90. The highest BCUT2D eigenvalue weighted by atomic mass is 16.6. The van der Waals surface area contributed by atoms with Crippen LogP contribution < -0.4 is 4.90 Å². The number of anilines is 1. The molecule has 1 aliphatic rings. The zero-order chi connectivity index (χ0) is 18.1. The summed E-state index contributed by atoms with van der Waals surface area (Å²) in [4.78, 5) is 28.0. The number of carbonyl (C=O) groups is 2. The molecule has 0 N–H and O–H groups in total. The van der Waals surface area contributed by atoms with Gasteiger partial charge in [-0.2, -0.15) is 0 Å². The quantitative estimate of drug-likeness (QED) is 0.794. The monoisotopic (exact) mass is 332 g/mol. The highest BCUT2D eigenvalue weighted by Gasteiger charge is 2.37. The van der Waals surface area contributed by atoms with Crippen molar-refractivity contribution in [3.8, 4) is 0 Å². The fourth-order valence-corrected chi connectivity index (χ4v) is 2.97. The van der Waals surface area contributed by atoms with Crippen LogP contribution >= 0.6 is 0 Å². The molecule has 2 rings (SSSR count). The molecular weight excluding hydrogens is 304 g/mol. The molecule has 1 heterocycles. The van der Waals surface area contributed by atoms with Crippen LogP contribution in [0.25, 0.3) is 0 Å². The SMILES string of the molecule is CCN1CCc2cc(C(C)(C=O)N(C)C(=O)OC(C)(C)C)ccc21. The maximum atomic E-state index is 12.4. The summed E-state index contributed by atoms with van der Waals surface area (Å²) in [6.07, 6.45) is 1.26. The summed E-state index contributed by atoms with van der Waals surface area (Å²) in [5.74, 6) is 0. The zero-order valence-corrected chi connectivity index (χ0v) is 15.5. The summed E-state index contributed by atoms with van der Waals surface area (Å²) in [6, 6.07) is 6.02. The molecule has 132 valence electrons.